The number of halogens is 2. The largest absolute Gasteiger partial charge is 0.485 e. The molecule has 0 bridgehead atoms. The number of thiophene rings is 1. The van der Waals surface area contributed by atoms with Crippen LogP contribution in [0.1, 0.15) is 21.4 Å². The van der Waals surface area contributed by atoms with Crippen molar-refractivity contribution in [1.29, 1.82) is 0 Å². The van der Waals surface area contributed by atoms with Gasteiger partial charge in [0.2, 0.25) is 5.82 Å². The first-order valence-corrected chi connectivity index (χ1v) is 7.92. The number of rotatable bonds is 6. The summed E-state index contributed by atoms with van der Waals surface area (Å²) < 4.78 is 28.7. The molecule has 0 spiro atoms. The molecule has 0 amide bonds. The van der Waals surface area contributed by atoms with E-state index in [0.29, 0.717) is 15.0 Å². The Hall–Kier alpha value is -2.45. The molecule has 6 nitrogen and oxygen atoms in total. The summed E-state index contributed by atoms with van der Waals surface area (Å²) in [6.07, 6.45) is 0. The summed E-state index contributed by atoms with van der Waals surface area (Å²) >= 11 is 6.87. The van der Waals surface area contributed by atoms with Gasteiger partial charge in [0, 0.05) is 0 Å². The highest BCUT2D eigenvalue weighted by Crippen LogP contribution is 2.22. The van der Waals surface area contributed by atoms with Gasteiger partial charge in [0.25, 0.3) is 5.89 Å². The van der Waals surface area contributed by atoms with Crippen molar-refractivity contribution < 1.29 is 23.2 Å². The van der Waals surface area contributed by atoms with Crippen LogP contribution in [0.15, 0.2) is 40.9 Å². The van der Waals surface area contributed by atoms with Crippen molar-refractivity contribution in [1.82, 2.24) is 10.1 Å². The molecule has 0 aliphatic carbocycles. The maximum atomic E-state index is 12.8. The van der Waals surface area contributed by atoms with Gasteiger partial charge in [-0.2, -0.15) is 4.98 Å². The van der Waals surface area contributed by atoms with Crippen LogP contribution in [-0.2, 0) is 18.0 Å². The number of carbonyl (C=O) groups excluding carboxylic acids is 1. The first-order chi connectivity index (χ1) is 11.6. The van der Waals surface area contributed by atoms with E-state index in [-0.39, 0.29) is 30.7 Å². The van der Waals surface area contributed by atoms with E-state index < -0.39 is 5.97 Å². The average Bonchev–Trinajstić information content (AvgIpc) is 3.21. The minimum absolute atomic E-state index is 0.0452. The van der Waals surface area contributed by atoms with Gasteiger partial charge in [0.1, 0.15) is 16.4 Å². The fraction of sp³-hybridized carbons (Fsp3) is 0.133. The summed E-state index contributed by atoms with van der Waals surface area (Å²) in [4.78, 5) is 16.2. The van der Waals surface area contributed by atoms with E-state index >= 15 is 0 Å². The van der Waals surface area contributed by atoms with Crippen LogP contribution in [0.25, 0.3) is 0 Å². The number of carbonyl (C=O) groups is 1. The van der Waals surface area contributed by atoms with Gasteiger partial charge in [-0.15, -0.1) is 11.3 Å². The van der Waals surface area contributed by atoms with Gasteiger partial charge in [0.15, 0.2) is 13.2 Å². The molecule has 24 heavy (non-hydrogen) atoms. The molecule has 0 aliphatic heterocycles. The summed E-state index contributed by atoms with van der Waals surface area (Å²) in [5.74, 6) is 0.0317. The predicted octanol–water partition coefficient (Wildman–Crippen LogP) is 3.86. The Morgan fingerprint density at radius 2 is 2.00 bits per heavy atom. The first-order valence-electron chi connectivity index (χ1n) is 6.72. The summed E-state index contributed by atoms with van der Waals surface area (Å²) in [5, 5.41) is 3.71. The van der Waals surface area contributed by atoms with Gasteiger partial charge in [-0.1, -0.05) is 16.8 Å². The van der Waals surface area contributed by atoms with Crippen LogP contribution < -0.4 is 4.74 Å². The minimum atomic E-state index is -0.519. The third-order valence-corrected chi connectivity index (χ3v) is 4.00. The lowest BCUT2D eigenvalue weighted by atomic mass is 10.3. The average molecular weight is 369 g/mol. The molecular weight excluding hydrogens is 359 g/mol. The van der Waals surface area contributed by atoms with Gasteiger partial charge in [-0.25, -0.2) is 9.18 Å². The fourth-order valence-corrected chi connectivity index (χ4v) is 2.65. The lowest BCUT2D eigenvalue weighted by Gasteiger charge is -2.02. The molecule has 9 heteroatoms. The van der Waals surface area contributed by atoms with Crippen LogP contribution in [0.4, 0.5) is 4.39 Å². The minimum Gasteiger partial charge on any atom is -0.485 e. The third kappa shape index (κ3) is 4.30. The van der Waals surface area contributed by atoms with Crippen LogP contribution in [0.5, 0.6) is 5.75 Å². The molecule has 3 rings (SSSR count). The summed E-state index contributed by atoms with van der Waals surface area (Å²) in [5.41, 5.74) is 0. The van der Waals surface area contributed by atoms with Gasteiger partial charge in [0.05, 0.1) is 4.34 Å². The molecular formula is C15H10ClFN2O4S. The quantitative estimate of drug-likeness (QED) is 0.615. The van der Waals surface area contributed by atoms with Crippen molar-refractivity contribution >= 4 is 28.9 Å². The van der Waals surface area contributed by atoms with Gasteiger partial charge in [-0.3, -0.25) is 0 Å². The van der Waals surface area contributed by atoms with Crippen molar-refractivity contribution in [3.05, 3.63) is 63.1 Å². The molecule has 0 aliphatic rings. The van der Waals surface area contributed by atoms with E-state index in [1.807, 2.05) is 0 Å². The Kier molecular flexibility index (Phi) is 5.07. The van der Waals surface area contributed by atoms with E-state index in [1.165, 1.54) is 24.3 Å². The molecule has 2 heterocycles. The number of hydrogen-bond acceptors (Lipinski definition) is 7. The van der Waals surface area contributed by atoms with E-state index in [1.54, 1.807) is 12.1 Å². The number of hydrogen-bond donors (Lipinski definition) is 0. The molecule has 0 saturated carbocycles. The van der Waals surface area contributed by atoms with Crippen LogP contribution in [0.3, 0.4) is 0 Å². The smallest absolute Gasteiger partial charge is 0.348 e. The highest BCUT2D eigenvalue weighted by atomic mass is 35.5. The Morgan fingerprint density at radius 1 is 1.21 bits per heavy atom. The highest BCUT2D eigenvalue weighted by Gasteiger charge is 2.13. The number of aromatic nitrogens is 2. The molecule has 0 atom stereocenters. The molecule has 124 valence electrons. The van der Waals surface area contributed by atoms with Crippen LogP contribution >= 0.6 is 22.9 Å². The van der Waals surface area contributed by atoms with E-state index in [0.717, 1.165) is 11.3 Å². The Morgan fingerprint density at radius 3 is 2.71 bits per heavy atom. The van der Waals surface area contributed by atoms with E-state index in [2.05, 4.69) is 10.1 Å². The highest BCUT2D eigenvalue weighted by molar-refractivity contribution is 7.17. The Bertz CT molecular complexity index is 834. The standard InChI is InChI=1S/C15H10ClFN2O4S/c16-12-6-5-11(24-12)15(20)22-8-14-18-13(19-23-14)7-21-10-3-1-9(17)2-4-10/h1-6H,7-8H2. The molecule has 3 aromatic rings. The summed E-state index contributed by atoms with van der Waals surface area (Å²) in [6.45, 7) is -0.110. The van der Waals surface area contributed by atoms with E-state index in [4.69, 9.17) is 25.6 Å². The van der Waals surface area contributed by atoms with E-state index in [9.17, 15) is 9.18 Å². The normalized spacial score (nSPS) is 10.6. The van der Waals surface area contributed by atoms with Gasteiger partial charge >= 0.3 is 5.97 Å². The van der Waals surface area contributed by atoms with Crippen LogP contribution in [-0.4, -0.2) is 16.1 Å². The number of benzene rings is 1. The third-order valence-electron chi connectivity index (χ3n) is 2.79. The van der Waals surface area contributed by atoms with Crippen LogP contribution in [0, 0.1) is 5.82 Å². The summed E-state index contributed by atoms with van der Waals surface area (Å²) in [7, 11) is 0. The zero-order valence-corrected chi connectivity index (χ0v) is 13.6. The van der Waals surface area contributed by atoms with Crippen molar-refractivity contribution in [2.75, 3.05) is 0 Å². The molecule has 0 radical (unpaired) electrons. The second kappa shape index (κ2) is 7.41. The second-order valence-corrected chi connectivity index (χ2v) is 6.24. The molecule has 0 fully saturated rings. The summed E-state index contributed by atoms with van der Waals surface area (Å²) in [6, 6.07) is 8.74. The second-order valence-electron chi connectivity index (χ2n) is 4.53. The van der Waals surface area contributed by atoms with Gasteiger partial charge in [-0.05, 0) is 36.4 Å². The molecule has 2 aromatic heterocycles. The lowest BCUT2D eigenvalue weighted by Crippen LogP contribution is -2.03. The zero-order chi connectivity index (χ0) is 16.9. The van der Waals surface area contributed by atoms with Crippen LogP contribution in [0.2, 0.25) is 4.34 Å². The van der Waals surface area contributed by atoms with Crippen molar-refractivity contribution in [3.8, 4) is 5.75 Å². The van der Waals surface area contributed by atoms with Crippen molar-refractivity contribution in [3.63, 3.8) is 0 Å². The maximum absolute atomic E-state index is 12.8. The van der Waals surface area contributed by atoms with Gasteiger partial charge < -0.3 is 14.0 Å². The first kappa shape index (κ1) is 16.4. The maximum Gasteiger partial charge on any atom is 0.348 e. The number of nitrogens with zero attached hydrogens (tertiary/aromatic N) is 2. The molecule has 0 saturated heterocycles. The Labute approximate surface area is 144 Å². The predicted molar refractivity (Wildman–Crippen MR) is 83.5 cm³/mol. The zero-order valence-electron chi connectivity index (χ0n) is 12.1. The molecule has 0 unspecified atom stereocenters. The molecule has 0 N–H and O–H groups in total. The topological polar surface area (TPSA) is 74.5 Å². The number of esters is 1. The molecule has 1 aromatic carbocycles. The number of ether oxygens (including phenoxy) is 2. The Balaban J connectivity index is 1.50. The fourth-order valence-electron chi connectivity index (χ4n) is 1.71. The monoisotopic (exact) mass is 368 g/mol. The lowest BCUT2D eigenvalue weighted by molar-refractivity contribution is 0.0435. The van der Waals surface area contributed by atoms with Crippen molar-refractivity contribution in [2.24, 2.45) is 0 Å². The SMILES string of the molecule is O=C(OCc1nc(COc2ccc(F)cc2)no1)c1ccc(Cl)s1. The van der Waals surface area contributed by atoms with Crippen molar-refractivity contribution in [2.45, 2.75) is 13.2 Å².